The first kappa shape index (κ1) is 30.3. The van der Waals surface area contributed by atoms with Crippen LogP contribution in [0.25, 0.3) is 0 Å². The molecule has 1 amide bonds. The van der Waals surface area contributed by atoms with Gasteiger partial charge in [-0.05, 0) is 32.1 Å². The van der Waals surface area contributed by atoms with Gasteiger partial charge in [0.1, 0.15) is 0 Å². The Balaban J connectivity index is 0. The molecule has 0 bridgehead atoms. The Kier molecular flexibility index (Phi) is 23.6. The molecule has 0 unspecified atom stereocenters. The Labute approximate surface area is 195 Å². The summed E-state index contributed by atoms with van der Waals surface area (Å²) in [5, 5.41) is 2.46. The summed E-state index contributed by atoms with van der Waals surface area (Å²) in [7, 11) is -4.24. The van der Waals surface area contributed by atoms with Gasteiger partial charge in [-0.1, -0.05) is 76.9 Å². The molecule has 7 heteroatoms. The van der Waals surface area contributed by atoms with Crippen molar-refractivity contribution in [1.29, 1.82) is 0 Å². The Morgan fingerprint density at radius 1 is 0.821 bits per heavy atom. The van der Waals surface area contributed by atoms with Crippen LogP contribution in [-0.2, 0) is 14.9 Å². The molecule has 0 aromatic rings. The molecular formula is C21H40NNaO4S. The van der Waals surface area contributed by atoms with Crippen molar-refractivity contribution in [2.45, 2.75) is 103 Å². The third kappa shape index (κ3) is 26.1. The average Bonchev–Trinajstić information content (AvgIpc) is 2.60. The summed E-state index contributed by atoms with van der Waals surface area (Å²) in [6, 6.07) is 0. The van der Waals surface area contributed by atoms with E-state index in [2.05, 4.69) is 24.4 Å². The van der Waals surface area contributed by atoms with E-state index in [0.29, 0.717) is 6.42 Å². The molecule has 0 aromatic heterocycles. The van der Waals surface area contributed by atoms with Gasteiger partial charge in [0.25, 0.3) is 0 Å². The van der Waals surface area contributed by atoms with Crippen molar-refractivity contribution in [3.8, 4) is 0 Å². The Morgan fingerprint density at radius 2 is 1.29 bits per heavy atom. The minimum Gasteiger partial charge on any atom is -0.748 e. The zero-order chi connectivity index (χ0) is 20.2. The van der Waals surface area contributed by atoms with Gasteiger partial charge in [0.15, 0.2) is 0 Å². The smallest absolute Gasteiger partial charge is 0.748 e. The standard InChI is InChI=1S/C21H41NO4S.Na/c1-2-3-4-5-6-7-8-9-10-11-12-13-14-15-16-17-18-21(23)22-19-20-27(24,25)26;/h10-11H,2-9,12-20H2,1H3,(H,22,23)(H,24,25,26);/q;+1/p-1. The third-order valence-electron chi connectivity index (χ3n) is 4.59. The minimum absolute atomic E-state index is 0. The third-order valence-corrected chi connectivity index (χ3v) is 5.29. The molecule has 28 heavy (non-hydrogen) atoms. The molecule has 0 fully saturated rings. The Bertz CT molecular complexity index is 481. The first-order valence-electron chi connectivity index (χ1n) is 10.8. The maximum absolute atomic E-state index is 11.5. The minimum atomic E-state index is -4.24. The van der Waals surface area contributed by atoms with Crippen LogP contribution in [0.15, 0.2) is 12.2 Å². The molecule has 5 nitrogen and oxygen atoms in total. The van der Waals surface area contributed by atoms with Crippen molar-refractivity contribution in [2.24, 2.45) is 0 Å². The summed E-state index contributed by atoms with van der Waals surface area (Å²) in [6.07, 6.45) is 22.2. The fraction of sp³-hybridized carbons (Fsp3) is 0.857. The number of unbranched alkanes of at least 4 members (excludes halogenated alkanes) is 12. The van der Waals surface area contributed by atoms with Gasteiger partial charge < -0.3 is 9.87 Å². The van der Waals surface area contributed by atoms with Crippen molar-refractivity contribution in [3.63, 3.8) is 0 Å². The fourth-order valence-electron chi connectivity index (χ4n) is 2.94. The number of hydrogen-bond acceptors (Lipinski definition) is 4. The SMILES string of the molecule is CCCCCCCCCC=CCCCCCCCC(=O)NCCS(=O)(=O)[O-].[Na+]. The van der Waals surface area contributed by atoms with Gasteiger partial charge in [-0.2, -0.15) is 0 Å². The zero-order valence-corrected chi connectivity index (χ0v) is 21.0. The molecule has 0 aliphatic rings. The van der Waals surface area contributed by atoms with Crippen LogP contribution < -0.4 is 34.9 Å². The molecule has 0 radical (unpaired) electrons. The van der Waals surface area contributed by atoms with E-state index >= 15 is 0 Å². The number of allylic oxidation sites excluding steroid dienone is 2. The molecule has 0 aromatic carbocycles. The number of carbonyl (C=O) groups excluding carboxylic acids is 1. The van der Waals surface area contributed by atoms with Gasteiger partial charge in [0.05, 0.1) is 15.9 Å². The second-order valence-corrected chi connectivity index (χ2v) is 8.82. The van der Waals surface area contributed by atoms with E-state index in [0.717, 1.165) is 25.7 Å². The molecule has 0 spiro atoms. The van der Waals surface area contributed by atoms with Gasteiger partial charge >= 0.3 is 29.6 Å². The number of rotatable bonds is 19. The van der Waals surface area contributed by atoms with Crippen molar-refractivity contribution in [1.82, 2.24) is 5.32 Å². The Morgan fingerprint density at radius 3 is 1.79 bits per heavy atom. The largest absolute Gasteiger partial charge is 1.00 e. The summed E-state index contributed by atoms with van der Waals surface area (Å²) in [5.74, 6) is -0.711. The normalized spacial score (nSPS) is 11.5. The molecule has 0 heterocycles. The topological polar surface area (TPSA) is 86.3 Å². The first-order chi connectivity index (χ1) is 13.0. The second kappa shape index (κ2) is 21.8. The first-order valence-corrected chi connectivity index (χ1v) is 12.4. The van der Waals surface area contributed by atoms with Crippen molar-refractivity contribution < 1.29 is 47.3 Å². The van der Waals surface area contributed by atoms with Crippen LogP contribution in [0.2, 0.25) is 0 Å². The molecule has 0 saturated heterocycles. The summed E-state index contributed by atoms with van der Waals surface area (Å²) >= 11 is 0. The average molecular weight is 426 g/mol. The fourth-order valence-corrected chi connectivity index (χ4v) is 3.29. The maximum Gasteiger partial charge on any atom is 1.00 e. The van der Waals surface area contributed by atoms with Crippen LogP contribution >= 0.6 is 0 Å². The van der Waals surface area contributed by atoms with E-state index in [1.54, 1.807) is 0 Å². The van der Waals surface area contributed by atoms with E-state index in [1.807, 2.05) is 0 Å². The number of carbonyl (C=O) groups is 1. The zero-order valence-electron chi connectivity index (χ0n) is 18.2. The Hall–Kier alpha value is 0.120. The van der Waals surface area contributed by atoms with Gasteiger partial charge in [0.2, 0.25) is 5.91 Å². The molecule has 0 atom stereocenters. The molecule has 0 aliphatic carbocycles. The van der Waals surface area contributed by atoms with Crippen LogP contribution in [0.4, 0.5) is 0 Å². The van der Waals surface area contributed by atoms with Crippen molar-refractivity contribution in [3.05, 3.63) is 12.2 Å². The second-order valence-electron chi connectivity index (χ2n) is 7.30. The quantitative estimate of drug-likeness (QED) is 0.149. The molecule has 160 valence electrons. The van der Waals surface area contributed by atoms with E-state index in [-0.39, 0.29) is 42.0 Å². The molecule has 0 rings (SSSR count). The molecular weight excluding hydrogens is 385 g/mol. The van der Waals surface area contributed by atoms with Crippen LogP contribution in [0, 0.1) is 0 Å². The summed E-state index contributed by atoms with van der Waals surface area (Å²) < 4.78 is 31.3. The number of nitrogens with one attached hydrogen (secondary N) is 1. The van der Waals surface area contributed by atoms with Crippen LogP contribution in [0.3, 0.4) is 0 Å². The van der Waals surface area contributed by atoms with Crippen LogP contribution in [-0.4, -0.2) is 31.2 Å². The van der Waals surface area contributed by atoms with Crippen LogP contribution in [0.1, 0.15) is 103 Å². The number of hydrogen-bond donors (Lipinski definition) is 1. The predicted octanol–water partition coefficient (Wildman–Crippen LogP) is 2.08. The van der Waals surface area contributed by atoms with Crippen LogP contribution in [0.5, 0.6) is 0 Å². The number of amides is 1. The van der Waals surface area contributed by atoms with Gasteiger partial charge in [-0.15, -0.1) is 0 Å². The van der Waals surface area contributed by atoms with Gasteiger partial charge in [0, 0.05) is 13.0 Å². The van der Waals surface area contributed by atoms with E-state index in [9.17, 15) is 17.8 Å². The molecule has 0 saturated carbocycles. The van der Waals surface area contributed by atoms with E-state index in [4.69, 9.17) is 0 Å². The van der Waals surface area contributed by atoms with Gasteiger partial charge in [-0.3, -0.25) is 4.79 Å². The summed E-state index contributed by atoms with van der Waals surface area (Å²) in [6.45, 7) is 2.16. The monoisotopic (exact) mass is 425 g/mol. The van der Waals surface area contributed by atoms with E-state index in [1.165, 1.54) is 64.2 Å². The van der Waals surface area contributed by atoms with Gasteiger partial charge in [-0.25, -0.2) is 8.42 Å². The predicted molar refractivity (Wildman–Crippen MR) is 112 cm³/mol. The summed E-state index contributed by atoms with van der Waals surface area (Å²) in [4.78, 5) is 11.5. The summed E-state index contributed by atoms with van der Waals surface area (Å²) in [5.41, 5.74) is 0. The van der Waals surface area contributed by atoms with Crippen molar-refractivity contribution in [2.75, 3.05) is 12.3 Å². The van der Waals surface area contributed by atoms with Crippen molar-refractivity contribution >= 4 is 16.0 Å². The maximum atomic E-state index is 11.5. The molecule has 0 aliphatic heterocycles. The molecule has 1 N–H and O–H groups in total. The van der Waals surface area contributed by atoms with E-state index < -0.39 is 15.9 Å².